The van der Waals surface area contributed by atoms with Gasteiger partial charge in [-0.05, 0) is 36.5 Å². The van der Waals surface area contributed by atoms with Gasteiger partial charge in [0.2, 0.25) is 5.16 Å². The van der Waals surface area contributed by atoms with Crippen LogP contribution in [0.3, 0.4) is 0 Å². The molecular weight excluding hydrogens is 268 g/mol. The molecule has 1 atom stereocenters. The molecule has 1 aliphatic carbocycles. The molecule has 2 heterocycles. The highest BCUT2D eigenvalue weighted by Crippen LogP contribution is 2.42. The number of rotatable bonds is 2. The predicted molar refractivity (Wildman–Crippen MR) is 78.8 cm³/mol. The van der Waals surface area contributed by atoms with Gasteiger partial charge in [-0.15, -0.1) is 5.10 Å². The van der Waals surface area contributed by atoms with E-state index in [-0.39, 0.29) is 0 Å². The number of aromatic nitrogens is 4. The first kappa shape index (κ1) is 11.9. The highest BCUT2D eigenvalue weighted by Gasteiger charge is 2.22. The summed E-state index contributed by atoms with van der Waals surface area (Å²) in [5.41, 5.74) is 2.91. The maximum absolute atomic E-state index is 4.49. The van der Waals surface area contributed by atoms with Crippen molar-refractivity contribution in [3.63, 3.8) is 0 Å². The van der Waals surface area contributed by atoms with Gasteiger partial charge in [0.15, 0.2) is 0 Å². The van der Waals surface area contributed by atoms with Gasteiger partial charge in [-0.2, -0.15) is 4.98 Å². The molecule has 0 aliphatic heterocycles. The average Bonchev–Trinajstić information content (AvgIpc) is 2.90. The summed E-state index contributed by atoms with van der Waals surface area (Å²) in [7, 11) is 0. The summed E-state index contributed by atoms with van der Waals surface area (Å²) >= 11 is 1.75. The molecule has 2 aromatic heterocycles. The van der Waals surface area contributed by atoms with Crippen molar-refractivity contribution in [1.82, 2.24) is 19.6 Å². The van der Waals surface area contributed by atoms with E-state index in [4.69, 9.17) is 0 Å². The molecule has 4 nitrogen and oxygen atoms in total. The minimum Gasteiger partial charge on any atom is -0.220 e. The molecule has 0 saturated heterocycles. The maximum Gasteiger partial charge on any atom is 0.253 e. The molecule has 0 bridgehead atoms. The molecule has 0 radical (unpaired) electrons. The largest absolute Gasteiger partial charge is 0.253 e. The van der Waals surface area contributed by atoms with E-state index in [2.05, 4.69) is 39.3 Å². The third-order valence-electron chi connectivity index (χ3n) is 3.66. The van der Waals surface area contributed by atoms with Gasteiger partial charge >= 0.3 is 0 Å². The van der Waals surface area contributed by atoms with Gasteiger partial charge in [-0.3, -0.25) is 0 Å². The number of hydrogen-bond donors (Lipinski definition) is 0. The molecule has 20 heavy (non-hydrogen) atoms. The second-order valence-corrected chi connectivity index (χ2v) is 6.13. The van der Waals surface area contributed by atoms with Crippen molar-refractivity contribution < 1.29 is 0 Å². The highest BCUT2D eigenvalue weighted by atomic mass is 32.2. The molecule has 4 rings (SSSR count). The lowest BCUT2D eigenvalue weighted by Gasteiger charge is -2.23. The molecule has 3 aromatic rings. The molecule has 0 spiro atoms. The summed E-state index contributed by atoms with van der Waals surface area (Å²) in [5, 5.41) is 5.75. The van der Waals surface area contributed by atoms with E-state index in [9.17, 15) is 0 Å². The van der Waals surface area contributed by atoms with Gasteiger partial charge < -0.3 is 0 Å². The van der Waals surface area contributed by atoms with Gasteiger partial charge in [0, 0.05) is 17.6 Å². The van der Waals surface area contributed by atoms with Crippen LogP contribution in [0.4, 0.5) is 0 Å². The van der Waals surface area contributed by atoms with E-state index in [0.29, 0.717) is 11.0 Å². The van der Waals surface area contributed by atoms with Gasteiger partial charge in [0.1, 0.15) is 0 Å². The Morgan fingerprint density at radius 1 is 1.20 bits per heavy atom. The third kappa shape index (κ3) is 2.08. The number of benzene rings is 1. The van der Waals surface area contributed by atoms with Gasteiger partial charge in [-0.25, -0.2) is 9.50 Å². The number of aryl methyl sites for hydroxylation is 1. The minimum absolute atomic E-state index is 0.456. The zero-order valence-corrected chi connectivity index (χ0v) is 11.8. The number of thioether (sulfide) groups is 1. The quantitative estimate of drug-likeness (QED) is 0.723. The van der Waals surface area contributed by atoms with Crippen molar-refractivity contribution >= 4 is 17.5 Å². The summed E-state index contributed by atoms with van der Waals surface area (Å²) in [6, 6.07) is 10.6. The van der Waals surface area contributed by atoms with E-state index in [1.54, 1.807) is 22.5 Å². The first-order valence-corrected chi connectivity index (χ1v) is 7.70. The fourth-order valence-corrected chi connectivity index (χ4v) is 3.89. The van der Waals surface area contributed by atoms with E-state index in [1.807, 2.05) is 12.3 Å². The molecule has 0 unspecified atom stereocenters. The van der Waals surface area contributed by atoms with Crippen LogP contribution in [0.1, 0.15) is 29.2 Å². The van der Waals surface area contributed by atoms with E-state index >= 15 is 0 Å². The number of nitrogens with zero attached hydrogens (tertiary/aromatic N) is 4. The first-order chi connectivity index (χ1) is 9.90. The highest BCUT2D eigenvalue weighted by molar-refractivity contribution is 7.99. The zero-order valence-electron chi connectivity index (χ0n) is 10.9. The van der Waals surface area contributed by atoms with E-state index in [0.717, 1.165) is 5.16 Å². The third-order valence-corrected chi connectivity index (χ3v) is 4.82. The van der Waals surface area contributed by atoms with E-state index in [1.165, 1.54) is 30.4 Å². The Morgan fingerprint density at radius 2 is 2.15 bits per heavy atom. The molecule has 0 amide bonds. The average molecular weight is 282 g/mol. The van der Waals surface area contributed by atoms with Crippen molar-refractivity contribution in [1.29, 1.82) is 0 Å². The molecule has 5 heteroatoms. The molecule has 100 valence electrons. The molecular formula is C15H14N4S. The summed E-state index contributed by atoms with van der Waals surface area (Å²) in [5.74, 6) is 0.666. The van der Waals surface area contributed by atoms with Crippen LogP contribution < -0.4 is 0 Å². The van der Waals surface area contributed by atoms with Crippen molar-refractivity contribution in [3.05, 3.63) is 53.9 Å². The van der Waals surface area contributed by atoms with Crippen molar-refractivity contribution in [2.24, 2.45) is 0 Å². The number of hydrogen-bond acceptors (Lipinski definition) is 4. The fraction of sp³-hybridized carbons (Fsp3) is 0.267. The van der Waals surface area contributed by atoms with Crippen LogP contribution >= 0.6 is 11.8 Å². The fourth-order valence-electron chi connectivity index (χ4n) is 2.72. The lowest BCUT2D eigenvalue weighted by molar-refractivity contribution is 0.671. The standard InChI is InChI=1S/C15H14N4S/c1-2-7-12-11(5-1)6-3-8-13(12)20-15-17-14-16-9-4-10-19(14)18-15/h1-2,4-5,7,9-10,13H,3,6,8H2/t13-/m0/s1. The van der Waals surface area contributed by atoms with Crippen molar-refractivity contribution in [3.8, 4) is 0 Å². The Morgan fingerprint density at radius 3 is 3.10 bits per heavy atom. The van der Waals surface area contributed by atoms with Gasteiger partial charge in [0.25, 0.3) is 5.78 Å². The minimum atomic E-state index is 0.456. The molecule has 1 aliphatic rings. The van der Waals surface area contributed by atoms with E-state index < -0.39 is 0 Å². The van der Waals surface area contributed by atoms with Crippen molar-refractivity contribution in [2.45, 2.75) is 29.7 Å². The summed E-state index contributed by atoms with van der Waals surface area (Å²) in [6.07, 6.45) is 7.24. The Bertz CT molecular complexity index is 719. The molecule has 0 N–H and O–H groups in total. The summed E-state index contributed by atoms with van der Waals surface area (Å²) in [6.45, 7) is 0. The smallest absolute Gasteiger partial charge is 0.220 e. The maximum atomic E-state index is 4.49. The molecule has 0 fully saturated rings. The Balaban J connectivity index is 1.66. The summed E-state index contributed by atoms with van der Waals surface area (Å²) < 4.78 is 1.73. The van der Waals surface area contributed by atoms with Crippen LogP contribution in [0.5, 0.6) is 0 Å². The second-order valence-electron chi connectivity index (χ2n) is 4.96. The SMILES string of the molecule is c1ccc2c(c1)CCC[C@@H]2Sc1nc2ncccn2n1. The van der Waals surface area contributed by atoms with Crippen LogP contribution in [0.2, 0.25) is 0 Å². The number of fused-ring (bicyclic) bond motifs is 2. The normalized spacial score (nSPS) is 18.1. The monoisotopic (exact) mass is 282 g/mol. The first-order valence-electron chi connectivity index (χ1n) is 6.82. The summed E-state index contributed by atoms with van der Waals surface area (Å²) in [4.78, 5) is 8.70. The predicted octanol–water partition coefficient (Wildman–Crippen LogP) is 3.29. The lowest BCUT2D eigenvalue weighted by Crippen LogP contribution is -2.06. The van der Waals surface area contributed by atoms with Crippen LogP contribution in [0.15, 0.2) is 47.9 Å². The topological polar surface area (TPSA) is 43.1 Å². The Labute approximate surface area is 121 Å². The molecule has 1 aromatic carbocycles. The van der Waals surface area contributed by atoms with Crippen LogP contribution in [0.25, 0.3) is 5.78 Å². The Kier molecular flexibility index (Phi) is 2.92. The second kappa shape index (κ2) is 4.90. The van der Waals surface area contributed by atoms with Crippen molar-refractivity contribution in [2.75, 3.05) is 0 Å². The zero-order chi connectivity index (χ0) is 13.4. The van der Waals surface area contributed by atoms with Crippen LogP contribution in [-0.2, 0) is 6.42 Å². The molecule has 0 saturated carbocycles. The van der Waals surface area contributed by atoms with Crippen LogP contribution in [-0.4, -0.2) is 19.6 Å². The Hall–Kier alpha value is -1.88. The van der Waals surface area contributed by atoms with Gasteiger partial charge in [0.05, 0.1) is 0 Å². The lowest BCUT2D eigenvalue weighted by atomic mass is 9.91. The van der Waals surface area contributed by atoms with Crippen LogP contribution in [0, 0.1) is 0 Å². The van der Waals surface area contributed by atoms with Gasteiger partial charge in [-0.1, -0.05) is 36.0 Å².